The fourth-order valence-corrected chi connectivity index (χ4v) is 2.23. The number of nitrogens with one attached hydrogen (secondary N) is 2. The molecular weight excluding hydrogens is 360 g/mol. The van der Waals surface area contributed by atoms with Gasteiger partial charge in [-0.15, -0.1) is 0 Å². The predicted molar refractivity (Wildman–Crippen MR) is 95.1 cm³/mol. The second kappa shape index (κ2) is 9.43. The number of urea groups is 1. The molecule has 136 valence electrons. The van der Waals surface area contributed by atoms with E-state index >= 15 is 0 Å². The number of halogens is 1. The van der Waals surface area contributed by atoms with Crippen LogP contribution < -0.4 is 15.4 Å². The quantitative estimate of drug-likeness (QED) is 0.755. The lowest BCUT2D eigenvalue weighted by molar-refractivity contribution is -0.122. The van der Waals surface area contributed by atoms with Crippen LogP contribution in [0.4, 0.5) is 4.79 Å². The number of ether oxygens (including phenoxy) is 2. The number of carbonyl (C=O) groups is 3. The Balaban J connectivity index is 1.79. The van der Waals surface area contributed by atoms with Crippen LogP contribution in [0, 0.1) is 0 Å². The van der Waals surface area contributed by atoms with Crippen LogP contribution in [-0.2, 0) is 16.1 Å². The first-order valence-corrected chi connectivity index (χ1v) is 7.99. The average Bonchev–Trinajstić information content (AvgIpc) is 2.65. The molecular formula is C18H17ClN2O5. The summed E-state index contributed by atoms with van der Waals surface area (Å²) in [4.78, 5) is 34.8. The van der Waals surface area contributed by atoms with E-state index in [1.807, 2.05) is 30.3 Å². The normalized spacial score (nSPS) is 9.92. The molecule has 0 heterocycles. The second-order valence-corrected chi connectivity index (χ2v) is 5.55. The average molecular weight is 377 g/mol. The third-order valence-electron chi connectivity index (χ3n) is 3.26. The molecule has 0 spiro atoms. The van der Waals surface area contributed by atoms with Crippen molar-refractivity contribution in [3.63, 3.8) is 0 Å². The van der Waals surface area contributed by atoms with Crippen LogP contribution in [0.5, 0.6) is 5.75 Å². The number of hydrogen-bond donors (Lipinski definition) is 2. The number of imide groups is 1. The monoisotopic (exact) mass is 376 g/mol. The molecule has 2 aromatic rings. The maximum absolute atomic E-state index is 11.8. The number of benzene rings is 2. The number of amides is 3. The van der Waals surface area contributed by atoms with Crippen molar-refractivity contribution >= 4 is 29.5 Å². The summed E-state index contributed by atoms with van der Waals surface area (Å²) in [5.74, 6) is -0.964. The van der Waals surface area contributed by atoms with Gasteiger partial charge in [0.2, 0.25) is 0 Å². The third kappa shape index (κ3) is 5.78. The highest BCUT2D eigenvalue weighted by Crippen LogP contribution is 2.25. The molecule has 0 saturated carbocycles. The van der Waals surface area contributed by atoms with Crippen molar-refractivity contribution in [3.05, 3.63) is 64.7 Å². The molecule has 2 N–H and O–H groups in total. The van der Waals surface area contributed by atoms with Gasteiger partial charge in [-0.2, -0.15) is 0 Å². The van der Waals surface area contributed by atoms with Crippen LogP contribution in [-0.4, -0.2) is 31.6 Å². The van der Waals surface area contributed by atoms with Crippen molar-refractivity contribution in [2.75, 3.05) is 13.7 Å². The molecule has 0 unspecified atom stereocenters. The first-order chi connectivity index (χ1) is 12.5. The predicted octanol–water partition coefficient (Wildman–Crippen LogP) is 2.53. The first-order valence-electron chi connectivity index (χ1n) is 7.62. The molecule has 0 atom stereocenters. The van der Waals surface area contributed by atoms with E-state index in [1.54, 1.807) is 0 Å². The first kappa shape index (κ1) is 19.3. The molecule has 0 radical (unpaired) electrons. The lowest BCUT2D eigenvalue weighted by atomic mass is 10.2. The molecule has 7 nitrogen and oxygen atoms in total. The van der Waals surface area contributed by atoms with E-state index in [0.29, 0.717) is 6.54 Å². The molecule has 0 fully saturated rings. The van der Waals surface area contributed by atoms with Gasteiger partial charge in [0.05, 0.1) is 17.7 Å². The summed E-state index contributed by atoms with van der Waals surface area (Å²) < 4.78 is 9.84. The topological polar surface area (TPSA) is 93.7 Å². The Morgan fingerprint density at radius 3 is 2.46 bits per heavy atom. The number of hydrogen-bond acceptors (Lipinski definition) is 5. The van der Waals surface area contributed by atoms with Gasteiger partial charge in [0.1, 0.15) is 5.75 Å². The maximum atomic E-state index is 11.8. The zero-order valence-corrected chi connectivity index (χ0v) is 14.7. The molecule has 26 heavy (non-hydrogen) atoms. The Morgan fingerprint density at radius 2 is 1.81 bits per heavy atom. The highest BCUT2D eigenvalue weighted by molar-refractivity contribution is 6.32. The molecule has 3 amide bonds. The van der Waals surface area contributed by atoms with E-state index < -0.39 is 24.5 Å². The minimum atomic E-state index is -0.635. The van der Waals surface area contributed by atoms with Crippen molar-refractivity contribution in [2.45, 2.75) is 6.54 Å². The summed E-state index contributed by atoms with van der Waals surface area (Å²) in [6.45, 7) is -0.113. The van der Waals surface area contributed by atoms with Crippen LogP contribution in [0.3, 0.4) is 0 Å². The zero-order chi connectivity index (χ0) is 18.9. The third-order valence-corrected chi connectivity index (χ3v) is 3.56. The van der Waals surface area contributed by atoms with Crippen molar-refractivity contribution in [1.82, 2.24) is 10.6 Å². The van der Waals surface area contributed by atoms with Gasteiger partial charge in [0.15, 0.2) is 6.61 Å². The van der Waals surface area contributed by atoms with Crippen molar-refractivity contribution in [3.8, 4) is 5.75 Å². The van der Waals surface area contributed by atoms with E-state index in [0.717, 1.165) is 5.56 Å². The fourth-order valence-electron chi connectivity index (χ4n) is 1.99. The van der Waals surface area contributed by atoms with Gasteiger partial charge in [-0.25, -0.2) is 9.59 Å². The minimum absolute atomic E-state index is 0.147. The summed E-state index contributed by atoms with van der Waals surface area (Å²) in [7, 11) is 1.26. The van der Waals surface area contributed by atoms with Gasteiger partial charge < -0.3 is 14.8 Å². The van der Waals surface area contributed by atoms with Crippen LogP contribution in [0.25, 0.3) is 0 Å². The van der Waals surface area contributed by atoms with Gasteiger partial charge in [-0.1, -0.05) is 41.9 Å². The molecule has 0 aliphatic heterocycles. The van der Waals surface area contributed by atoms with Crippen molar-refractivity contribution in [1.29, 1.82) is 0 Å². The Bertz CT molecular complexity index is 795. The molecule has 0 bridgehead atoms. The van der Waals surface area contributed by atoms with E-state index in [2.05, 4.69) is 15.4 Å². The van der Waals surface area contributed by atoms with Crippen molar-refractivity contribution < 1.29 is 23.9 Å². The minimum Gasteiger partial charge on any atom is -0.482 e. The largest absolute Gasteiger partial charge is 0.482 e. The summed E-state index contributed by atoms with van der Waals surface area (Å²) in [6.07, 6.45) is 0. The SMILES string of the molecule is COC(=O)c1ccc(OCC(=O)NC(=O)NCc2ccccc2)c(Cl)c1. The summed E-state index contributed by atoms with van der Waals surface area (Å²) in [5.41, 5.74) is 1.17. The lowest BCUT2D eigenvalue weighted by Crippen LogP contribution is -2.41. The molecule has 0 saturated heterocycles. The molecule has 0 aromatic heterocycles. The Labute approximate surface area is 155 Å². The molecule has 2 aromatic carbocycles. The number of rotatable bonds is 6. The summed E-state index contributed by atoms with van der Waals surface area (Å²) >= 11 is 5.99. The summed E-state index contributed by atoms with van der Waals surface area (Å²) in [5, 5.41) is 4.86. The maximum Gasteiger partial charge on any atom is 0.337 e. The molecule has 0 aliphatic rings. The Hall–Kier alpha value is -3.06. The highest BCUT2D eigenvalue weighted by atomic mass is 35.5. The Morgan fingerprint density at radius 1 is 1.08 bits per heavy atom. The van der Waals surface area contributed by atoms with Gasteiger partial charge in [0, 0.05) is 6.54 Å². The van der Waals surface area contributed by atoms with Crippen LogP contribution in [0.2, 0.25) is 5.02 Å². The molecule has 2 rings (SSSR count). The van der Waals surface area contributed by atoms with Gasteiger partial charge in [-0.05, 0) is 23.8 Å². The zero-order valence-electron chi connectivity index (χ0n) is 14.0. The smallest absolute Gasteiger partial charge is 0.337 e. The van der Waals surface area contributed by atoms with Crippen LogP contribution >= 0.6 is 11.6 Å². The van der Waals surface area contributed by atoms with E-state index in [9.17, 15) is 14.4 Å². The number of methoxy groups -OCH3 is 1. The molecule has 0 aliphatic carbocycles. The number of carbonyl (C=O) groups excluding carboxylic acids is 3. The van der Waals surface area contributed by atoms with Crippen LogP contribution in [0.15, 0.2) is 48.5 Å². The van der Waals surface area contributed by atoms with Gasteiger partial charge >= 0.3 is 12.0 Å². The lowest BCUT2D eigenvalue weighted by Gasteiger charge is -2.10. The standard InChI is InChI=1S/C18H17ClN2O5/c1-25-17(23)13-7-8-15(14(19)9-13)26-11-16(22)21-18(24)20-10-12-5-3-2-4-6-12/h2-9H,10-11H2,1H3,(H2,20,21,22,24). The highest BCUT2D eigenvalue weighted by Gasteiger charge is 2.12. The van der Waals surface area contributed by atoms with E-state index in [-0.39, 0.29) is 16.3 Å². The van der Waals surface area contributed by atoms with Gasteiger partial charge in [0.25, 0.3) is 5.91 Å². The van der Waals surface area contributed by atoms with Crippen molar-refractivity contribution in [2.24, 2.45) is 0 Å². The second-order valence-electron chi connectivity index (χ2n) is 5.14. The van der Waals surface area contributed by atoms with Crippen LogP contribution in [0.1, 0.15) is 15.9 Å². The fraction of sp³-hybridized carbons (Fsp3) is 0.167. The van der Waals surface area contributed by atoms with Gasteiger partial charge in [-0.3, -0.25) is 10.1 Å². The van der Waals surface area contributed by atoms with E-state index in [1.165, 1.54) is 25.3 Å². The molecule has 8 heteroatoms. The Kier molecular flexibility index (Phi) is 6.99. The number of esters is 1. The summed E-state index contributed by atoms with van der Waals surface area (Å²) in [6, 6.07) is 12.9. The van der Waals surface area contributed by atoms with E-state index in [4.69, 9.17) is 16.3 Å².